The van der Waals surface area contributed by atoms with Gasteiger partial charge in [-0.3, -0.25) is 24.5 Å². The van der Waals surface area contributed by atoms with Crippen LogP contribution in [0, 0.1) is 15.9 Å². The number of carbonyl (C=O) groups excluding carboxylic acids is 3. The molecule has 0 radical (unpaired) electrons. The first kappa shape index (κ1) is 19.7. The van der Waals surface area contributed by atoms with Gasteiger partial charge in [0.1, 0.15) is 5.82 Å². The Hall–Kier alpha value is -3.62. The summed E-state index contributed by atoms with van der Waals surface area (Å²) in [5, 5.41) is 13.0. The number of rotatable bonds is 8. The van der Waals surface area contributed by atoms with E-state index in [9.17, 15) is 28.9 Å². The first-order chi connectivity index (χ1) is 12.9. The van der Waals surface area contributed by atoms with Crippen molar-refractivity contribution in [1.82, 2.24) is 5.32 Å². The first-order valence-electron chi connectivity index (χ1n) is 7.84. The molecule has 0 aliphatic carbocycles. The number of hydrogen-bond donors (Lipinski definition) is 1. The molecule has 140 valence electrons. The summed E-state index contributed by atoms with van der Waals surface area (Å²) < 4.78 is 17.8. The lowest BCUT2D eigenvalue weighted by atomic mass is 10.1. The standard InChI is InChI=1S/C18H15FN2O6/c19-14-3-1-2-13(10-14)16(22)11-27-17(23)8-9-20-18(24)12-4-6-15(7-5-12)21(25)26/h1-7,10H,8-9,11H2,(H,20,24). The van der Waals surface area contributed by atoms with Crippen LogP contribution in [-0.4, -0.2) is 35.7 Å². The van der Waals surface area contributed by atoms with Gasteiger partial charge in [0.15, 0.2) is 12.4 Å². The number of nitrogens with one attached hydrogen (secondary N) is 1. The second-order valence-corrected chi connectivity index (χ2v) is 5.40. The van der Waals surface area contributed by atoms with E-state index in [0.29, 0.717) is 0 Å². The third kappa shape index (κ3) is 5.99. The van der Waals surface area contributed by atoms with Crippen LogP contribution in [0.3, 0.4) is 0 Å². The van der Waals surface area contributed by atoms with E-state index in [0.717, 1.165) is 6.07 Å². The molecule has 0 saturated heterocycles. The van der Waals surface area contributed by atoms with E-state index in [4.69, 9.17) is 4.74 Å². The van der Waals surface area contributed by atoms with Crippen molar-refractivity contribution in [3.05, 3.63) is 75.6 Å². The van der Waals surface area contributed by atoms with E-state index in [1.54, 1.807) is 0 Å². The van der Waals surface area contributed by atoms with Gasteiger partial charge in [-0.1, -0.05) is 12.1 Å². The van der Waals surface area contributed by atoms with Crippen LogP contribution in [0.5, 0.6) is 0 Å². The molecule has 0 saturated carbocycles. The summed E-state index contributed by atoms with van der Waals surface area (Å²) in [6.45, 7) is -0.568. The number of ketones is 1. The van der Waals surface area contributed by atoms with Gasteiger partial charge in [0.25, 0.3) is 11.6 Å². The number of hydrogen-bond acceptors (Lipinski definition) is 6. The topological polar surface area (TPSA) is 116 Å². The van der Waals surface area contributed by atoms with Crippen LogP contribution in [0.25, 0.3) is 0 Å². The molecule has 2 aromatic carbocycles. The number of non-ortho nitro benzene ring substituents is 1. The molecule has 8 nitrogen and oxygen atoms in total. The van der Waals surface area contributed by atoms with E-state index in [2.05, 4.69) is 5.32 Å². The van der Waals surface area contributed by atoms with E-state index in [1.807, 2.05) is 0 Å². The summed E-state index contributed by atoms with van der Waals surface area (Å²) >= 11 is 0. The van der Waals surface area contributed by atoms with Crippen LogP contribution in [-0.2, 0) is 9.53 Å². The fourth-order valence-corrected chi connectivity index (χ4v) is 2.08. The normalized spacial score (nSPS) is 10.1. The molecule has 0 unspecified atom stereocenters. The highest BCUT2D eigenvalue weighted by Crippen LogP contribution is 2.11. The average Bonchev–Trinajstić information content (AvgIpc) is 2.66. The maximum atomic E-state index is 13.0. The molecular weight excluding hydrogens is 359 g/mol. The lowest BCUT2D eigenvalue weighted by Gasteiger charge is -2.06. The number of nitrogens with zero attached hydrogens (tertiary/aromatic N) is 1. The Kier molecular flexibility index (Phi) is 6.70. The van der Waals surface area contributed by atoms with E-state index in [-0.39, 0.29) is 29.8 Å². The Morgan fingerprint density at radius 3 is 2.41 bits per heavy atom. The van der Waals surface area contributed by atoms with Crippen LogP contribution in [0.15, 0.2) is 48.5 Å². The highest BCUT2D eigenvalue weighted by atomic mass is 19.1. The number of halogens is 1. The number of nitro groups is 1. The molecular formula is C18H15FN2O6. The summed E-state index contributed by atoms with van der Waals surface area (Å²) in [6, 6.07) is 9.99. The molecule has 0 aliphatic heterocycles. The molecule has 0 spiro atoms. The number of carbonyl (C=O) groups is 3. The number of Topliss-reactive ketones (excluding diaryl/α,β-unsaturated/α-hetero) is 1. The van der Waals surface area contributed by atoms with Gasteiger partial charge in [0.2, 0.25) is 0 Å². The molecule has 0 aromatic heterocycles. The van der Waals surface area contributed by atoms with Crippen LogP contribution in [0.2, 0.25) is 0 Å². The predicted molar refractivity (Wildman–Crippen MR) is 91.7 cm³/mol. The Bertz CT molecular complexity index is 866. The third-order valence-corrected chi connectivity index (χ3v) is 3.47. The third-order valence-electron chi connectivity index (χ3n) is 3.47. The van der Waals surface area contributed by atoms with E-state index in [1.165, 1.54) is 42.5 Å². The minimum atomic E-state index is -0.705. The Morgan fingerprint density at radius 2 is 1.78 bits per heavy atom. The van der Waals surface area contributed by atoms with Crippen molar-refractivity contribution < 1.29 is 28.4 Å². The van der Waals surface area contributed by atoms with Crippen molar-refractivity contribution in [3.8, 4) is 0 Å². The van der Waals surface area contributed by atoms with Crippen molar-refractivity contribution in [1.29, 1.82) is 0 Å². The highest BCUT2D eigenvalue weighted by molar-refractivity contribution is 5.98. The van der Waals surface area contributed by atoms with Gasteiger partial charge < -0.3 is 10.1 Å². The fraction of sp³-hybridized carbons (Fsp3) is 0.167. The molecule has 2 aromatic rings. The van der Waals surface area contributed by atoms with E-state index >= 15 is 0 Å². The second-order valence-electron chi connectivity index (χ2n) is 5.40. The number of ether oxygens (including phenoxy) is 1. The van der Waals surface area contributed by atoms with Gasteiger partial charge >= 0.3 is 5.97 Å². The van der Waals surface area contributed by atoms with E-state index < -0.39 is 35.0 Å². The minimum Gasteiger partial charge on any atom is -0.457 e. The molecule has 27 heavy (non-hydrogen) atoms. The molecule has 0 heterocycles. The van der Waals surface area contributed by atoms with Crippen molar-refractivity contribution in [2.24, 2.45) is 0 Å². The van der Waals surface area contributed by atoms with Crippen LogP contribution in [0.4, 0.5) is 10.1 Å². The quantitative estimate of drug-likeness (QED) is 0.328. The summed E-state index contributed by atoms with van der Waals surface area (Å²) in [5.41, 5.74) is 0.155. The van der Waals surface area contributed by atoms with Crippen molar-refractivity contribution >= 4 is 23.3 Å². The average molecular weight is 374 g/mol. The van der Waals surface area contributed by atoms with Gasteiger partial charge in [0, 0.05) is 29.8 Å². The second kappa shape index (κ2) is 9.18. The lowest BCUT2D eigenvalue weighted by Crippen LogP contribution is -2.27. The van der Waals surface area contributed by atoms with Crippen molar-refractivity contribution in [3.63, 3.8) is 0 Å². The predicted octanol–water partition coefficient (Wildman–Crippen LogP) is 2.28. The van der Waals surface area contributed by atoms with Crippen LogP contribution in [0.1, 0.15) is 27.1 Å². The molecule has 0 fully saturated rings. The summed E-state index contributed by atoms with van der Waals surface area (Å²) in [4.78, 5) is 45.2. The van der Waals surface area contributed by atoms with Crippen molar-refractivity contribution in [2.75, 3.05) is 13.2 Å². The number of esters is 1. The smallest absolute Gasteiger partial charge is 0.308 e. The Balaban J connectivity index is 1.73. The number of amides is 1. The largest absolute Gasteiger partial charge is 0.457 e. The summed E-state index contributed by atoms with van der Waals surface area (Å²) in [7, 11) is 0. The van der Waals surface area contributed by atoms with Crippen LogP contribution >= 0.6 is 0 Å². The zero-order chi connectivity index (χ0) is 19.8. The minimum absolute atomic E-state index is 0.0389. The van der Waals surface area contributed by atoms with Gasteiger partial charge in [-0.25, -0.2) is 4.39 Å². The lowest BCUT2D eigenvalue weighted by molar-refractivity contribution is -0.384. The summed E-state index contributed by atoms with van der Waals surface area (Å²) in [5.74, 6) is -2.32. The van der Waals surface area contributed by atoms with Crippen molar-refractivity contribution in [2.45, 2.75) is 6.42 Å². The molecule has 0 bridgehead atoms. The van der Waals surface area contributed by atoms with Gasteiger partial charge in [-0.15, -0.1) is 0 Å². The molecule has 2 rings (SSSR count). The Morgan fingerprint density at radius 1 is 1.07 bits per heavy atom. The highest BCUT2D eigenvalue weighted by Gasteiger charge is 2.12. The molecule has 0 aliphatic rings. The monoisotopic (exact) mass is 374 g/mol. The maximum Gasteiger partial charge on any atom is 0.308 e. The van der Waals surface area contributed by atoms with Crippen LogP contribution < -0.4 is 5.32 Å². The van der Waals surface area contributed by atoms with Gasteiger partial charge in [-0.2, -0.15) is 0 Å². The Labute approximate surface area is 153 Å². The zero-order valence-electron chi connectivity index (χ0n) is 14.0. The number of nitro benzene ring substituents is 1. The zero-order valence-corrected chi connectivity index (χ0v) is 14.0. The number of benzene rings is 2. The maximum absolute atomic E-state index is 13.0. The summed E-state index contributed by atoms with van der Waals surface area (Å²) in [6.07, 6.45) is -0.171. The first-order valence-corrected chi connectivity index (χ1v) is 7.84. The molecule has 1 N–H and O–H groups in total. The fourth-order valence-electron chi connectivity index (χ4n) is 2.08. The van der Waals surface area contributed by atoms with Gasteiger partial charge in [-0.05, 0) is 24.3 Å². The SMILES string of the molecule is O=C(CCNC(=O)c1ccc([N+](=O)[O-])cc1)OCC(=O)c1cccc(F)c1. The molecule has 1 amide bonds. The molecule has 9 heteroatoms. The molecule has 0 atom stereocenters. The van der Waals surface area contributed by atoms with Gasteiger partial charge in [0.05, 0.1) is 11.3 Å².